The van der Waals surface area contributed by atoms with E-state index in [1.165, 1.54) is 0 Å². The molecule has 0 saturated carbocycles. The van der Waals surface area contributed by atoms with Gasteiger partial charge in [-0.05, 0) is 24.2 Å². The fraction of sp³-hybridized carbons (Fsp3) is 0.500. The van der Waals surface area contributed by atoms with Crippen LogP contribution >= 0.6 is 0 Å². The molecule has 0 amide bonds. The number of hydrogen-bond donors (Lipinski definition) is 0. The lowest BCUT2D eigenvalue weighted by molar-refractivity contribution is 0.484. The smallest absolute Gasteiger partial charge is 0.332 e. The van der Waals surface area contributed by atoms with E-state index in [0.29, 0.717) is 6.07 Å². The van der Waals surface area contributed by atoms with Crippen molar-refractivity contribution < 1.29 is 21.1 Å². The molecule has 0 saturated heterocycles. The van der Waals surface area contributed by atoms with Crippen molar-refractivity contribution in [3.05, 3.63) is 24.0 Å². The van der Waals surface area contributed by atoms with E-state index in [-0.39, 0.29) is 10.8 Å². The van der Waals surface area contributed by atoms with Gasteiger partial charge in [0.1, 0.15) is 16.5 Å². The van der Waals surface area contributed by atoms with E-state index in [1.807, 2.05) is 33.9 Å². The van der Waals surface area contributed by atoms with Crippen LogP contribution in [0.2, 0.25) is 18.1 Å². The predicted octanol–water partition coefficient (Wildman–Crippen LogP) is 3.87. The molecule has 19 heavy (non-hydrogen) atoms. The van der Waals surface area contributed by atoms with Gasteiger partial charge in [0.05, 0.1) is 0 Å². The van der Waals surface area contributed by atoms with Gasteiger partial charge < -0.3 is 4.43 Å². The Bertz CT molecular complexity index is 577. The summed E-state index contributed by atoms with van der Waals surface area (Å²) in [6.45, 7) is 9.84. The van der Waals surface area contributed by atoms with Crippen LogP contribution in [-0.4, -0.2) is 16.7 Å². The molecule has 3 nitrogen and oxygen atoms in total. The number of benzene rings is 1. The Morgan fingerprint density at radius 1 is 1.16 bits per heavy atom. The van der Waals surface area contributed by atoms with Gasteiger partial charge in [-0.15, -0.1) is 3.89 Å². The zero-order valence-corrected chi connectivity index (χ0v) is 13.4. The summed E-state index contributed by atoms with van der Waals surface area (Å²) in [6, 6.07) is 2.71. The third-order valence-electron chi connectivity index (χ3n) is 3.31. The summed E-state index contributed by atoms with van der Waals surface area (Å²) in [5.41, 5.74) is 0. The lowest BCUT2D eigenvalue weighted by Crippen LogP contribution is -2.43. The van der Waals surface area contributed by atoms with Gasteiger partial charge in [-0.1, -0.05) is 20.8 Å². The van der Waals surface area contributed by atoms with Crippen molar-refractivity contribution in [3.8, 4) is 5.75 Å². The van der Waals surface area contributed by atoms with E-state index in [0.717, 1.165) is 12.1 Å². The van der Waals surface area contributed by atoms with E-state index in [1.54, 1.807) is 0 Å². The van der Waals surface area contributed by atoms with Crippen LogP contribution in [0.5, 0.6) is 5.75 Å². The van der Waals surface area contributed by atoms with Gasteiger partial charge in [-0.2, -0.15) is 8.42 Å². The summed E-state index contributed by atoms with van der Waals surface area (Å²) in [5, 5.41) is -0.131. The maximum absolute atomic E-state index is 13.3. The van der Waals surface area contributed by atoms with Crippen LogP contribution in [0.1, 0.15) is 20.8 Å². The third-order valence-corrected chi connectivity index (χ3v) is 8.46. The highest BCUT2D eigenvalue weighted by Gasteiger charge is 2.39. The van der Waals surface area contributed by atoms with Gasteiger partial charge in [0, 0.05) is 12.1 Å². The van der Waals surface area contributed by atoms with E-state index in [2.05, 4.69) is 0 Å². The first kappa shape index (κ1) is 16.1. The van der Waals surface area contributed by atoms with Crippen LogP contribution < -0.4 is 4.43 Å². The molecule has 1 rings (SSSR count). The molecule has 7 heteroatoms. The second-order valence-electron chi connectivity index (χ2n) is 5.92. The zero-order valence-electron chi connectivity index (χ0n) is 11.6. The third kappa shape index (κ3) is 4.00. The second-order valence-corrected chi connectivity index (χ2v) is 12.0. The molecule has 0 unspecified atom stereocenters. The molecule has 0 radical (unpaired) electrons. The molecule has 0 heterocycles. The van der Waals surface area contributed by atoms with Crippen molar-refractivity contribution in [1.29, 1.82) is 0 Å². The standard InChI is InChI=1S/C12H18F2O3SSi/c1-12(2,3)19(4,5)17-10-6-9(13)7-11(8-10)18(14,15)16/h6-8H,1-5H3. The zero-order chi connectivity index (χ0) is 15.1. The Morgan fingerprint density at radius 3 is 2.11 bits per heavy atom. The molecule has 1 aromatic rings. The van der Waals surface area contributed by atoms with Crippen LogP contribution in [-0.2, 0) is 10.2 Å². The molecule has 0 spiro atoms. The monoisotopic (exact) mass is 308 g/mol. The molecule has 0 aliphatic rings. The SMILES string of the molecule is CC(C)(C)[Si](C)(C)Oc1cc(F)cc(S(=O)(=O)F)c1. The van der Waals surface area contributed by atoms with Gasteiger partial charge in [0.15, 0.2) is 0 Å². The first-order valence-corrected chi connectivity index (χ1v) is 10.1. The minimum atomic E-state index is -4.94. The highest BCUT2D eigenvalue weighted by Crippen LogP contribution is 2.37. The number of hydrogen-bond acceptors (Lipinski definition) is 3. The minimum Gasteiger partial charge on any atom is -0.543 e. The van der Waals surface area contributed by atoms with Crippen LogP contribution in [0.4, 0.5) is 8.28 Å². The molecule has 0 aliphatic carbocycles. The largest absolute Gasteiger partial charge is 0.543 e. The van der Waals surface area contributed by atoms with E-state index in [9.17, 15) is 16.7 Å². The van der Waals surface area contributed by atoms with Gasteiger partial charge in [-0.3, -0.25) is 0 Å². The normalized spacial score (nSPS) is 13.4. The second kappa shape index (κ2) is 4.86. The molecular weight excluding hydrogens is 290 g/mol. The Labute approximate surface area is 113 Å². The van der Waals surface area contributed by atoms with Gasteiger partial charge >= 0.3 is 10.2 Å². The van der Waals surface area contributed by atoms with E-state index >= 15 is 0 Å². The average Bonchev–Trinajstić information content (AvgIpc) is 2.12. The van der Waals surface area contributed by atoms with Crippen LogP contribution in [0.3, 0.4) is 0 Å². The molecule has 0 aromatic heterocycles. The van der Waals surface area contributed by atoms with Crippen molar-refractivity contribution in [2.45, 2.75) is 43.8 Å². The number of rotatable bonds is 3. The summed E-state index contributed by atoms with van der Waals surface area (Å²) in [4.78, 5) is -0.721. The van der Waals surface area contributed by atoms with Gasteiger partial charge in [0.25, 0.3) is 0 Å². The first-order chi connectivity index (χ1) is 8.33. The van der Waals surface area contributed by atoms with Gasteiger partial charge in [-0.25, -0.2) is 4.39 Å². The Kier molecular flexibility index (Phi) is 4.12. The fourth-order valence-electron chi connectivity index (χ4n) is 1.18. The van der Waals surface area contributed by atoms with Crippen LogP contribution in [0, 0.1) is 5.82 Å². The van der Waals surface area contributed by atoms with Crippen LogP contribution in [0.25, 0.3) is 0 Å². The minimum absolute atomic E-state index is 0.0443. The molecular formula is C12H18F2O3SSi. The summed E-state index contributed by atoms with van der Waals surface area (Å²) < 4.78 is 53.6. The Morgan fingerprint density at radius 2 is 1.68 bits per heavy atom. The highest BCUT2D eigenvalue weighted by atomic mass is 32.3. The fourth-order valence-corrected chi connectivity index (χ4v) is 2.71. The Hall–Kier alpha value is -0.953. The lowest BCUT2D eigenvalue weighted by atomic mass is 10.2. The molecule has 0 atom stereocenters. The van der Waals surface area contributed by atoms with E-state index < -0.39 is 29.3 Å². The quantitative estimate of drug-likeness (QED) is 0.629. The van der Waals surface area contributed by atoms with Crippen LogP contribution in [0.15, 0.2) is 23.1 Å². The van der Waals surface area contributed by atoms with E-state index in [4.69, 9.17) is 4.43 Å². The van der Waals surface area contributed by atoms with Crippen molar-refractivity contribution in [3.63, 3.8) is 0 Å². The molecule has 0 fully saturated rings. The van der Waals surface area contributed by atoms with Gasteiger partial charge in [0.2, 0.25) is 8.32 Å². The maximum atomic E-state index is 13.3. The maximum Gasteiger partial charge on any atom is 0.332 e. The summed E-state index contributed by atoms with van der Waals surface area (Å²) in [7, 11) is -7.18. The predicted molar refractivity (Wildman–Crippen MR) is 72.5 cm³/mol. The molecule has 0 aliphatic heterocycles. The molecule has 0 bridgehead atoms. The summed E-state index contributed by atoms with van der Waals surface area (Å²) in [6.07, 6.45) is 0. The molecule has 108 valence electrons. The first-order valence-electron chi connectivity index (χ1n) is 5.77. The Balaban J connectivity index is 3.21. The topological polar surface area (TPSA) is 43.4 Å². The van der Waals surface area contributed by atoms with Crippen molar-refractivity contribution in [2.24, 2.45) is 0 Å². The summed E-state index contributed by atoms with van der Waals surface area (Å²) in [5.74, 6) is -0.796. The van der Waals surface area contributed by atoms with Crippen molar-refractivity contribution in [2.75, 3.05) is 0 Å². The van der Waals surface area contributed by atoms with Crippen molar-refractivity contribution in [1.82, 2.24) is 0 Å². The average molecular weight is 308 g/mol. The van der Waals surface area contributed by atoms with Crippen molar-refractivity contribution >= 4 is 18.5 Å². The highest BCUT2D eigenvalue weighted by molar-refractivity contribution is 7.86. The lowest BCUT2D eigenvalue weighted by Gasteiger charge is -2.36. The summed E-state index contributed by atoms with van der Waals surface area (Å²) >= 11 is 0. The molecule has 0 N–H and O–H groups in total. The molecule has 1 aromatic carbocycles. The number of halogens is 2.